The van der Waals surface area contributed by atoms with Crippen LogP contribution in [-0.2, 0) is 28.6 Å². The molecule has 4 amide bonds. The van der Waals surface area contributed by atoms with Crippen molar-refractivity contribution < 1.29 is 94.0 Å². The zero-order valence-electron chi connectivity index (χ0n) is 42.9. The number of benzene rings is 4. The first kappa shape index (κ1) is 56.5. The summed E-state index contributed by atoms with van der Waals surface area (Å²) in [4.78, 5) is 79.3. The molecule has 0 aliphatic carbocycles. The number of ether oxygens (including phenoxy) is 5. The van der Waals surface area contributed by atoms with Crippen LogP contribution in [0.4, 0.5) is 0 Å². The van der Waals surface area contributed by atoms with Crippen LogP contribution in [0.2, 0.25) is 0 Å². The minimum atomic E-state index is -1.09. The lowest BCUT2D eigenvalue weighted by molar-refractivity contribution is -0.154. The molecule has 10 rings (SSSR count). The van der Waals surface area contributed by atoms with Gasteiger partial charge in [-0.05, 0) is 69.3 Å². The third-order valence-corrected chi connectivity index (χ3v) is 10.3. The van der Waals surface area contributed by atoms with Gasteiger partial charge in [0.05, 0.1) is 55.6 Å². The number of rotatable bonds is 11. The maximum absolute atomic E-state index is 11.9. The Bertz CT molecular complexity index is 3860. The summed E-state index contributed by atoms with van der Waals surface area (Å²) < 4.78 is 56.5. The molecule has 414 valence electrons. The standard InChI is InChI=1S/C14H14N2O6.C14H12N2O5.C13H10N2O5.C11H10N2O4/c1-3-21-14(19)13(18)16-15-12(17)11-7-8-9(20-2)5-4-6-10(8)22-11;1-3-19-14(17)13-16-15-12(21-13)11-7-8-9(18-2)5-4-6-10(8)20-11;1-2-18-13(17)12-15-14-11(20-12)10-6-7-8(16)4-3-5-9(7)19-10;1-6(14)12-13-11(16)10-5-7-8(15)3-2-4-9(7)17-10/h4-7H,3H2,1-2H3,(H,15,17)(H,16,18);4-7H,3H2,1-2H3;3-6,16H,2H2,1H3;2-5,15H,1H3,(H,12,14)(H,13,16). The number of hydrazine groups is 2. The molecule has 0 aliphatic rings. The van der Waals surface area contributed by atoms with Crippen LogP contribution in [-0.4, -0.2) is 106 Å². The van der Waals surface area contributed by atoms with Gasteiger partial charge in [-0.1, -0.05) is 24.3 Å². The van der Waals surface area contributed by atoms with Crippen LogP contribution >= 0.6 is 0 Å². The number of carbonyl (C=O) groups excluding carboxylic acids is 7. The Hall–Kier alpha value is -11.2. The Morgan fingerprint density at radius 1 is 0.475 bits per heavy atom. The van der Waals surface area contributed by atoms with Crippen LogP contribution in [0.3, 0.4) is 0 Å². The number of methoxy groups -OCH3 is 2. The molecule has 4 aromatic carbocycles. The largest absolute Gasteiger partial charge is 0.507 e. The summed E-state index contributed by atoms with van der Waals surface area (Å²) in [6, 6.07) is 26.3. The van der Waals surface area contributed by atoms with E-state index in [1.807, 2.05) is 17.6 Å². The van der Waals surface area contributed by atoms with Gasteiger partial charge < -0.3 is 60.4 Å². The lowest BCUT2D eigenvalue weighted by Crippen LogP contribution is -2.45. The number of aromatic hydroxyl groups is 2. The Kier molecular flexibility index (Phi) is 18.4. The van der Waals surface area contributed by atoms with Gasteiger partial charge in [0.15, 0.2) is 23.0 Å². The Morgan fingerprint density at radius 2 is 0.875 bits per heavy atom. The third-order valence-electron chi connectivity index (χ3n) is 10.3. The molecule has 0 atom stereocenters. The smallest absolute Gasteiger partial charge is 0.398 e. The maximum Gasteiger partial charge on any atom is 0.398 e. The number of esters is 3. The molecular formula is C52H46N8O20. The zero-order valence-corrected chi connectivity index (χ0v) is 42.9. The van der Waals surface area contributed by atoms with Crippen molar-refractivity contribution in [2.45, 2.75) is 27.7 Å². The molecule has 28 heteroatoms. The van der Waals surface area contributed by atoms with Crippen molar-refractivity contribution in [1.29, 1.82) is 0 Å². The molecule has 0 saturated carbocycles. The van der Waals surface area contributed by atoms with E-state index < -0.39 is 41.5 Å². The van der Waals surface area contributed by atoms with Gasteiger partial charge in [-0.3, -0.25) is 40.9 Å². The number of phenolic OH excluding ortho intramolecular Hbond substituents is 2. The lowest BCUT2D eigenvalue weighted by Gasteiger charge is -2.04. The number of hydrogen-bond acceptors (Lipinski definition) is 24. The quantitative estimate of drug-likeness (QED) is 0.0339. The van der Waals surface area contributed by atoms with Crippen molar-refractivity contribution in [2.24, 2.45) is 0 Å². The van der Waals surface area contributed by atoms with E-state index in [1.165, 1.54) is 32.2 Å². The number of furan rings is 4. The average molecular weight is 1100 g/mol. The number of fused-ring (bicyclic) bond motifs is 4. The van der Waals surface area contributed by atoms with E-state index in [0.29, 0.717) is 55.8 Å². The first-order valence-electron chi connectivity index (χ1n) is 23.5. The number of phenols is 2. The lowest BCUT2D eigenvalue weighted by atomic mass is 10.2. The van der Waals surface area contributed by atoms with Crippen LogP contribution in [0.15, 0.2) is 124 Å². The van der Waals surface area contributed by atoms with Crippen molar-refractivity contribution in [2.75, 3.05) is 34.0 Å². The summed E-state index contributed by atoms with van der Waals surface area (Å²) in [5.74, 6) is -3.57. The van der Waals surface area contributed by atoms with Gasteiger partial charge in [0.2, 0.25) is 5.91 Å². The topological polar surface area (TPSA) is 385 Å². The SMILES string of the molecule is CC(=O)NNC(=O)c1cc2c(O)cccc2o1.CCOC(=O)C(=O)NNC(=O)c1cc2c(OC)cccc2o1.CCOC(=O)c1nnc(-c2cc3c(O)cccc3o2)o1.CCOC(=O)c1nnc(-c2cc3c(OC)cccc3o2)o1. The molecule has 80 heavy (non-hydrogen) atoms. The van der Waals surface area contributed by atoms with Gasteiger partial charge in [-0.25, -0.2) is 14.4 Å². The van der Waals surface area contributed by atoms with Crippen molar-refractivity contribution in [3.8, 4) is 46.3 Å². The van der Waals surface area contributed by atoms with Crippen LogP contribution in [0.5, 0.6) is 23.0 Å². The number of hydrogen-bond donors (Lipinski definition) is 6. The molecular weight excluding hydrogens is 1060 g/mol. The fourth-order valence-electron chi connectivity index (χ4n) is 6.78. The predicted octanol–water partition coefficient (Wildman–Crippen LogP) is 6.72. The average Bonchev–Trinajstić information content (AvgIpc) is 4.33. The molecule has 0 saturated heterocycles. The number of aromatic nitrogens is 4. The molecule has 0 unspecified atom stereocenters. The second-order valence-corrected chi connectivity index (χ2v) is 15.6. The normalized spacial score (nSPS) is 10.5. The fourth-order valence-corrected chi connectivity index (χ4v) is 6.78. The number of nitrogens with one attached hydrogen (secondary N) is 4. The molecule has 0 aliphatic heterocycles. The maximum atomic E-state index is 11.9. The van der Waals surface area contributed by atoms with Crippen molar-refractivity contribution in [3.63, 3.8) is 0 Å². The van der Waals surface area contributed by atoms with Crippen LogP contribution in [0, 0.1) is 0 Å². The monoisotopic (exact) mass is 1100 g/mol. The summed E-state index contributed by atoms with van der Waals surface area (Å²) >= 11 is 0. The first-order chi connectivity index (χ1) is 38.5. The van der Waals surface area contributed by atoms with E-state index in [-0.39, 0.29) is 72.2 Å². The molecule has 6 heterocycles. The Labute approximate surface area is 448 Å². The Morgan fingerprint density at radius 3 is 1.32 bits per heavy atom. The summed E-state index contributed by atoms with van der Waals surface area (Å²) in [7, 11) is 3.08. The van der Waals surface area contributed by atoms with E-state index in [2.05, 4.69) is 41.4 Å². The van der Waals surface area contributed by atoms with E-state index in [9.17, 15) is 43.8 Å². The van der Waals surface area contributed by atoms with E-state index in [4.69, 9.17) is 45.5 Å². The number of nitrogens with zero attached hydrogens (tertiary/aromatic N) is 4. The second-order valence-electron chi connectivity index (χ2n) is 15.6. The van der Waals surface area contributed by atoms with E-state index in [1.54, 1.807) is 94.6 Å². The molecule has 6 N–H and O–H groups in total. The highest BCUT2D eigenvalue weighted by molar-refractivity contribution is 6.32. The highest BCUT2D eigenvalue weighted by atomic mass is 16.6. The van der Waals surface area contributed by atoms with Crippen LogP contribution in [0.25, 0.3) is 67.2 Å². The summed E-state index contributed by atoms with van der Waals surface area (Å²) in [5.41, 5.74) is 10.3. The van der Waals surface area contributed by atoms with Crippen LogP contribution < -0.4 is 31.2 Å². The third kappa shape index (κ3) is 13.6. The summed E-state index contributed by atoms with van der Waals surface area (Å²) in [5, 5.41) is 36.3. The predicted molar refractivity (Wildman–Crippen MR) is 273 cm³/mol. The molecule has 0 fully saturated rings. The molecule has 0 radical (unpaired) electrons. The molecule has 6 aromatic heterocycles. The minimum Gasteiger partial charge on any atom is -0.507 e. The van der Waals surface area contributed by atoms with Gasteiger partial charge in [0.25, 0.3) is 11.8 Å². The van der Waals surface area contributed by atoms with Gasteiger partial charge >= 0.3 is 47.4 Å². The minimum absolute atomic E-state index is 0.00949. The number of amides is 4. The Balaban J connectivity index is 0.000000155. The first-order valence-corrected chi connectivity index (χ1v) is 23.5. The van der Waals surface area contributed by atoms with Crippen molar-refractivity contribution in [1.82, 2.24) is 42.1 Å². The van der Waals surface area contributed by atoms with E-state index in [0.717, 1.165) is 5.39 Å². The molecule has 28 nitrogen and oxygen atoms in total. The van der Waals surface area contributed by atoms with Crippen LogP contribution in [0.1, 0.15) is 70.2 Å². The van der Waals surface area contributed by atoms with E-state index >= 15 is 0 Å². The molecule has 10 aromatic rings. The van der Waals surface area contributed by atoms with Gasteiger partial charge in [0.1, 0.15) is 45.3 Å². The summed E-state index contributed by atoms with van der Waals surface area (Å²) in [6.07, 6.45) is 0. The highest BCUT2D eigenvalue weighted by Crippen LogP contribution is 2.34. The second kappa shape index (κ2) is 26.0. The number of carbonyl (C=O) groups is 7. The highest BCUT2D eigenvalue weighted by Gasteiger charge is 2.23. The zero-order chi connectivity index (χ0) is 57.5. The molecule has 0 bridgehead atoms. The summed E-state index contributed by atoms with van der Waals surface area (Å²) in [6.45, 7) is 6.71. The van der Waals surface area contributed by atoms with Gasteiger partial charge in [0, 0.05) is 31.2 Å². The van der Waals surface area contributed by atoms with Gasteiger partial charge in [-0.15, -0.1) is 20.4 Å². The molecule has 0 spiro atoms. The van der Waals surface area contributed by atoms with Crippen molar-refractivity contribution >= 4 is 85.4 Å². The fraction of sp³-hybridized carbons (Fsp3) is 0.173. The van der Waals surface area contributed by atoms with Gasteiger partial charge in [-0.2, -0.15) is 0 Å². The van der Waals surface area contributed by atoms with Crippen molar-refractivity contribution in [3.05, 3.63) is 120 Å².